The lowest BCUT2D eigenvalue weighted by Crippen LogP contribution is -2.15. The summed E-state index contributed by atoms with van der Waals surface area (Å²) in [6.07, 6.45) is 1.80. The van der Waals surface area contributed by atoms with E-state index in [1.807, 2.05) is 19.1 Å². The minimum atomic E-state index is -0.00676. The molecule has 0 spiro atoms. The molecule has 21 heavy (non-hydrogen) atoms. The second kappa shape index (κ2) is 5.40. The minimum Gasteiger partial charge on any atom is -0.380 e. The van der Waals surface area contributed by atoms with Gasteiger partial charge in [0.05, 0.1) is 11.2 Å². The highest BCUT2D eigenvalue weighted by Gasteiger charge is 2.00. The van der Waals surface area contributed by atoms with E-state index in [1.165, 1.54) is 5.56 Å². The van der Waals surface area contributed by atoms with Gasteiger partial charge in [-0.15, -0.1) is 0 Å². The van der Waals surface area contributed by atoms with Crippen molar-refractivity contribution < 1.29 is 0 Å². The Hall–Kier alpha value is -2.62. The molecule has 3 aromatic rings. The van der Waals surface area contributed by atoms with Crippen molar-refractivity contribution in [3.8, 4) is 0 Å². The average Bonchev–Trinajstić information content (AvgIpc) is 2.48. The van der Waals surface area contributed by atoms with Crippen LogP contribution in [0.1, 0.15) is 11.3 Å². The lowest BCUT2D eigenvalue weighted by molar-refractivity contribution is 0.859. The standard InChI is InChI=1S/C17H17N3O/c1-12-3-5-14-9-13(4-7-16(14)19-12)10-18-15-6-8-17(21)20(2)11-15/h3-9,11,18H,10H2,1-2H3. The topological polar surface area (TPSA) is 46.9 Å². The number of nitrogens with one attached hydrogen (secondary N) is 1. The number of aromatic nitrogens is 2. The maximum absolute atomic E-state index is 11.3. The van der Waals surface area contributed by atoms with Gasteiger partial charge in [-0.1, -0.05) is 12.1 Å². The van der Waals surface area contributed by atoms with Gasteiger partial charge >= 0.3 is 0 Å². The Morgan fingerprint density at radius 1 is 1.14 bits per heavy atom. The molecule has 1 aromatic carbocycles. The summed E-state index contributed by atoms with van der Waals surface area (Å²) in [5, 5.41) is 4.46. The molecule has 0 aliphatic rings. The number of pyridine rings is 2. The Morgan fingerprint density at radius 3 is 2.81 bits per heavy atom. The predicted octanol–water partition coefficient (Wildman–Crippen LogP) is 2.85. The van der Waals surface area contributed by atoms with Crippen molar-refractivity contribution >= 4 is 16.6 Å². The van der Waals surface area contributed by atoms with E-state index in [-0.39, 0.29) is 5.56 Å². The van der Waals surface area contributed by atoms with Gasteiger partial charge in [0.2, 0.25) is 5.56 Å². The Labute approximate surface area is 123 Å². The van der Waals surface area contributed by atoms with Crippen molar-refractivity contribution in [2.75, 3.05) is 5.32 Å². The summed E-state index contributed by atoms with van der Waals surface area (Å²) in [5.74, 6) is 0. The molecule has 0 atom stereocenters. The number of hydrogen-bond donors (Lipinski definition) is 1. The summed E-state index contributed by atoms with van der Waals surface area (Å²) in [6, 6.07) is 13.7. The quantitative estimate of drug-likeness (QED) is 0.802. The van der Waals surface area contributed by atoms with Crippen molar-refractivity contribution in [1.82, 2.24) is 9.55 Å². The van der Waals surface area contributed by atoms with Gasteiger partial charge in [0.1, 0.15) is 0 Å². The molecule has 0 saturated heterocycles. The van der Waals surface area contributed by atoms with Crippen molar-refractivity contribution in [2.45, 2.75) is 13.5 Å². The fourth-order valence-corrected chi connectivity index (χ4v) is 2.29. The maximum atomic E-state index is 11.3. The highest BCUT2D eigenvalue weighted by Crippen LogP contribution is 2.16. The molecule has 0 saturated carbocycles. The Kier molecular flexibility index (Phi) is 3.44. The zero-order chi connectivity index (χ0) is 14.8. The first-order chi connectivity index (χ1) is 10.1. The van der Waals surface area contributed by atoms with Crippen molar-refractivity contribution in [3.05, 3.63) is 70.3 Å². The molecule has 2 heterocycles. The molecule has 0 amide bonds. The van der Waals surface area contributed by atoms with Crippen molar-refractivity contribution in [3.63, 3.8) is 0 Å². The smallest absolute Gasteiger partial charge is 0.250 e. The largest absolute Gasteiger partial charge is 0.380 e. The number of anilines is 1. The zero-order valence-corrected chi connectivity index (χ0v) is 12.1. The molecular weight excluding hydrogens is 262 g/mol. The van der Waals surface area contributed by atoms with E-state index < -0.39 is 0 Å². The van der Waals surface area contributed by atoms with Crippen LogP contribution in [0.25, 0.3) is 10.9 Å². The lowest BCUT2D eigenvalue weighted by atomic mass is 10.1. The van der Waals surface area contributed by atoms with Gasteiger partial charge in [0.25, 0.3) is 0 Å². The molecular formula is C17H17N3O. The Balaban J connectivity index is 1.80. The van der Waals surface area contributed by atoms with Gasteiger partial charge in [-0.2, -0.15) is 0 Å². The van der Waals surface area contributed by atoms with Crippen LogP contribution in [0.4, 0.5) is 5.69 Å². The predicted molar refractivity (Wildman–Crippen MR) is 85.5 cm³/mol. The molecule has 0 unspecified atom stereocenters. The third-order valence-electron chi connectivity index (χ3n) is 3.48. The number of aryl methyl sites for hydroxylation is 2. The molecule has 0 fully saturated rings. The second-order valence-electron chi connectivity index (χ2n) is 5.20. The fourth-order valence-electron chi connectivity index (χ4n) is 2.29. The number of hydrogen-bond acceptors (Lipinski definition) is 3. The van der Waals surface area contributed by atoms with E-state index in [0.29, 0.717) is 6.54 Å². The van der Waals surface area contributed by atoms with Crippen LogP contribution < -0.4 is 10.9 Å². The lowest BCUT2D eigenvalue weighted by Gasteiger charge is -2.08. The highest BCUT2D eigenvalue weighted by atomic mass is 16.1. The van der Waals surface area contributed by atoms with Crippen LogP contribution in [-0.4, -0.2) is 9.55 Å². The summed E-state index contributed by atoms with van der Waals surface area (Å²) in [5.41, 5.74) is 4.15. The molecule has 106 valence electrons. The van der Waals surface area contributed by atoms with Gasteiger partial charge < -0.3 is 9.88 Å². The molecule has 0 radical (unpaired) electrons. The number of nitrogens with zero attached hydrogens (tertiary/aromatic N) is 2. The van der Waals surface area contributed by atoms with Crippen LogP contribution in [0, 0.1) is 6.92 Å². The van der Waals surface area contributed by atoms with Gasteiger partial charge in [0.15, 0.2) is 0 Å². The summed E-state index contributed by atoms with van der Waals surface area (Å²) >= 11 is 0. The van der Waals surface area contributed by atoms with Crippen LogP contribution in [0.5, 0.6) is 0 Å². The monoisotopic (exact) mass is 279 g/mol. The first-order valence-electron chi connectivity index (χ1n) is 6.89. The molecule has 2 aromatic heterocycles. The third kappa shape index (κ3) is 2.94. The second-order valence-corrected chi connectivity index (χ2v) is 5.20. The average molecular weight is 279 g/mol. The summed E-state index contributed by atoms with van der Waals surface area (Å²) < 4.78 is 1.56. The molecule has 0 aliphatic carbocycles. The first kappa shape index (κ1) is 13.4. The number of benzene rings is 1. The van der Waals surface area contributed by atoms with Crippen LogP contribution >= 0.6 is 0 Å². The SMILES string of the molecule is Cc1ccc2cc(CNc3ccc(=O)n(C)c3)ccc2n1. The Bertz CT molecular complexity index is 852. The molecule has 0 aliphatic heterocycles. The summed E-state index contributed by atoms with van der Waals surface area (Å²) in [7, 11) is 1.75. The highest BCUT2D eigenvalue weighted by molar-refractivity contribution is 5.79. The first-order valence-corrected chi connectivity index (χ1v) is 6.89. The van der Waals surface area contributed by atoms with E-state index >= 15 is 0 Å². The van der Waals surface area contributed by atoms with Crippen LogP contribution in [0.2, 0.25) is 0 Å². The number of fused-ring (bicyclic) bond motifs is 1. The van der Waals surface area contributed by atoms with Gasteiger partial charge in [-0.3, -0.25) is 9.78 Å². The minimum absolute atomic E-state index is 0.00676. The molecule has 4 heteroatoms. The van der Waals surface area contributed by atoms with Gasteiger partial charge in [-0.05, 0) is 36.8 Å². The molecule has 1 N–H and O–H groups in total. The molecule has 0 bridgehead atoms. The van der Waals surface area contributed by atoms with E-state index in [0.717, 1.165) is 22.3 Å². The zero-order valence-electron chi connectivity index (χ0n) is 12.1. The normalized spacial score (nSPS) is 10.8. The van der Waals surface area contributed by atoms with E-state index in [4.69, 9.17) is 0 Å². The number of rotatable bonds is 3. The Morgan fingerprint density at radius 2 is 2.00 bits per heavy atom. The van der Waals surface area contributed by atoms with Gasteiger partial charge in [-0.25, -0.2) is 0 Å². The van der Waals surface area contributed by atoms with E-state index in [2.05, 4.69) is 28.5 Å². The van der Waals surface area contributed by atoms with E-state index in [9.17, 15) is 4.79 Å². The molecule has 3 rings (SSSR count). The van der Waals surface area contributed by atoms with E-state index in [1.54, 1.807) is 29.9 Å². The van der Waals surface area contributed by atoms with Crippen LogP contribution in [0.3, 0.4) is 0 Å². The van der Waals surface area contributed by atoms with Gasteiger partial charge in [0, 0.05) is 36.9 Å². The molecule has 4 nitrogen and oxygen atoms in total. The fraction of sp³-hybridized carbons (Fsp3) is 0.176. The summed E-state index contributed by atoms with van der Waals surface area (Å²) in [6.45, 7) is 2.70. The van der Waals surface area contributed by atoms with Crippen molar-refractivity contribution in [1.29, 1.82) is 0 Å². The summed E-state index contributed by atoms with van der Waals surface area (Å²) in [4.78, 5) is 15.8. The third-order valence-corrected chi connectivity index (χ3v) is 3.48. The van der Waals surface area contributed by atoms with Crippen LogP contribution in [0.15, 0.2) is 53.5 Å². The maximum Gasteiger partial charge on any atom is 0.250 e. The van der Waals surface area contributed by atoms with Crippen LogP contribution in [-0.2, 0) is 13.6 Å². The van der Waals surface area contributed by atoms with Crippen molar-refractivity contribution in [2.24, 2.45) is 7.05 Å².